The fourth-order valence-corrected chi connectivity index (χ4v) is 3.01. The molecule has 0 heterocycles. The Bertz CT molecular complexity index is 859. The Morgan fingerprint density at radius 1 is 1.06 bits per heavy atom. The Morgan fingerprint density at radius 3 is 1.91 bits per heavy atom. The lowest BCUT2D eigenvalue weighted by atomic mass is 10.1. The van der Waals surface area contributed by atoms with Crippen molar-refractivity contribution < 1.29 is 62.8 Å². The van der Waals surface area contributed by atoms with Crippen molar-refractivity contribution in [1.29, 1.82) is 0 Å². The van der Waals surface area contributed by atoms with Crippen LogP contribution in [0.4, 0.5) is 30.7 Å². The first-order valence-electron chi connectivity index (χ1n) is 9.70. The number of rotatable bonds is 13. The third-order valence-corrected chi connectivity index (χ3v) is 5.32. The summed E-state index contributed by atoms with van der Waals surface area (Å²) in [4.78, 5) is 25.3. The molecule has 0 aliphatic carbocycles. The monoisotopic (exact) mass is 532 g/mol. The number of ether oxygens (including phenoxy) is 2. The van der Waals surface area contributed by atoms with Crippen molar-refractivity contribution in [3.05, 3.63) is 12.2 Å². The van der Waals surface area contributed by atoms with Crippen molar-refractivity contribution in [3.63, 3.8) is 0 Å². The molecule has 1 unspecified atom stereocenters. The van der Waals surface area contributed by atoms with Crippen molar-refractivity contribution in [2.45, 2.75) is 76.1 Å². The van der Waals surface area contributed by atoms with E-state index in [-0.39, 0.29) is 6.54 Å². The summed E-state index contributed by atoms with van der Waals surface area (Å²) in [5.41, 5.74) is -0.529. The number of carbonyl (C=O) groups is 2. The number of alkyl halides is 7. The van der Waals surface area contributed by atoms with Gasteiger partial charge in [0.15, 0.2) is 10.1 Å². The lowest BCUT2D eigenvalue weighted by Crippen LogP contribution is -2.63. The molecule has 0 saturated heterocycles. The number of carbonyl (C=O) groups excluding carboxylic acids is 2. The maximum Gasteiger partial charge on any atom is 0.466 e. The van der Waals surface area contributed by atoms with E-state index in [1.807, 2.05) is 0 Å². The van der Waals surface area contributed by atoms with E-state index in [9.17, 15) is 53.3 Å². The zero-order valence-corrected chi connectivity index (χ0v) is 19.5. The number of nitrogens with zero attached hydrogens (tertiary/aromatic N) is 1. The summed E-state index contributed by atoms with van der Waals surface area (Å²) in [5, 5.41) is -5.96. The SMILES string of the molecule is C=C(C)C(=O)OC(OCCCCC(F)(F)C(F)(F)S(=O)(=O)[O-])(C(=O)N(CC)C(C)C)C(F)(F)F. The molecule has 16 heteroatoms. The zero-order chi connectivity index (χ0) is 27.3. The fraction of sp³-hybridized carbons (Fsp3) is 0.778. The molecule has 0 aliphatic rings. The molecule has 0 spiro atoms. The van der Waals surface area contributed by atoms with Crippen LogP contribution in [-0.2, 0) is 29.2 Å². The summed E-state index contributed by atoms with van der Waals surface area (Å²) < 4.78 is 135. The van der Waals surface area contributed by atoms with Gasteiger partial charge < -0.3 is 18.9 Å². The highest BCUT2D eigenvalue weighted by Gasteiger charge is 2.67. The van der Waals surface area contributed by atoms with Gasteiger partial charge in [0, 0.05) is 24.6 Å². The Hall–Kier alpha value is -1.94. The molecule has 0 N–H and O–H groups in total. The molecule has 0 aromatic heterocycles. The van der Waals surface area contributed by atoms with Crippen molar-refractivity contribution >= 4 is 22.0 Å². The summed E-state index contributed by atoms with van der Waals surface area (Å²) in [6.07, 6.45) is -9.45. The second-order valence-corrected chi connectivity index (χ2v) is 8.87. The lowest BCUT2D eigenvalue weighted by molar-refractivity contribution is -0.351. The van der Waals surface area contributed by atoms with Crippen molar-refractivity contribution in [2.24, 2.45) is 0 Å². The van der Waals surface area contributed by atoms with Gasteiger partial charge in [-0.1, -0.05) is 6.58 Å². The number of hydrogen-bond acceptors (Lipinski definition) is 7. The largest absolute Gasteiger partial charge is 0.743 e. The maximum atomic E-state index is 14.0. The lowest BCUT2D eigenvalue weighted by Gasteiger charge is -2.38. The Kier molecular flexibility index (Phi) is 10.6. The summed E-state index contributed by atoms with van der Waals surface area (Å²) in [6.45, 7) is 6.67. The maximum absolute atomic E-state index is 14.0. The fourth-order valence-electron chi connectivity index (χ4n) is 2.54. The van der Waals surface area contributed by atoms with E-state index in [4.69, 9.17) is 0 Å². The van der Waals surface area contributed by atoms with Crippen LogP contribution in [-0.4, -0.2) is 72.1 Å². The molecule has 1 atom stereocenters. The van der Waals surface area contributed by atoms with Gasteiger partial charge in [0.25, 0.3) is 0 Å². The van der Waals surface area contributed by atoms with Crippen LogP contribution in [0.1, 0.15) is 47.0 Å². The molecule has 1 amide bonds. The number of halogens is 7. The van der Waals surface area contributed by atoms with E-state index in [0.29, 0.717) is 4.90 Å². The third-order valence-electron chi connectivity index (χ3n) is 4.39. The molecule has 0 aromatic carbocycles. The highest BCUT2D eigenvalue weighted by molar-refractivity contribution is 7.86. The van der Waals surface area contributed by atoms with Gasteiger partial charge in [0.05, 0.1) is 6.61 Å². The quantitative estimate of drug-likeness (QED) is 0.0890. The standard InChI is InChI=1S/C18H26F7NO7S/c1-6-26(12(4)5)14(28)16(17(21,22)23,33-13(27)11(2)3)32-10-8-7-9-15(19,20)18(24,25)34(29,30)31/h12H,2,6-10H2,1,3-5H3,(H,29,30,31)/p-1. The van der Waals surface area contributed by atoms with E-state index >= 15 is 0 Å². The van der Waals surface area contributed by atoms with Crippen molar-refractivity contribution in [3.8, 4) is 0 Å². The van der Waals surface area contributed by atoms with Crippen molar-refractivity contribution in [2.75, 3.05) is 13.2 Å². The molecule has 0 fully saturated rings. The molecule has 0 rings (SSSR count). The van der Waals surface area contributed by atoms with Crippen LogP contribution in [0, 0.1) is 0 Å². The van der Waals surface area contributed by atoms with Crippen LogP contribution < -0.4 is 0 Å². The van der Waals surface area contributed by atoms with Crippen LogP contribution in [0.3, 0.4) is 0 Å². The van der Waals surface area contributed by atoms with Gasteiger partial charge in [0.2, 0.25) is 0 Å². The van der Waals surface area contributed by atoms with Crippen molar-refractivity contribution in [1.82, 2.24) is 4.90 Å². The first kappa shape index (κ1) is 32.1. The molecule has 0 bridgehead atoms. The molecular weight excluding hydrogens is 507 g/mol. The number of hydrogen-bond donors (Lipinski definition) is 0. The molecular formula is C18H25F7NO7S-. The molecule has 8 nitrogen and oxygen atoms in total. The minimum atomic E-state index is -6.73. The normalized spacial score (nSPS) is 15.1. The second-order valence-electron chi connectivity index (χ2n) is 7.45. The van der Waals surface area contributed by atoms with Gasteiger partial charge in [-0.2, -0.15) is 30.7 Å². The highest BCUT2D eigenvalue weighted by atomic mass is 32.2. The summed E-state index contributed by atoms with van der Waals surface area (Å²) >= 11 is 0. The molecule has 0 aromatic rings. The molecule has 0 aliphatic heterocycles. The second kappa shape index (κ2) is 11.2. The first-order valence-corrected chi connectivity index (χ1v) is 11.1. The number of amides is 1. The van der Waals surface area contributed by atoms with E-state index < -0.39 is 82.6 Å². The summed E-state index contributed by atoms with van der Waals surface area (Å²) in [7, 11) is -6.73. The average Bonchev–Trinajstić information content (AvgIpc) is 2.64. The zero-order valence-electron chi connectivity index (χ0n) is 18.7. The predicted molar refractivity (Wildman–Crippen MR) is 102 cm³/mol. The minimum absolute atomic E-state index is 0.271. The Morgan fingerprint density at radius 2 is 1.56 bits per heavy atom. The number of esters is 1. The Balaban J connectivity index is 5.82. The van der Waals surface area contributed by atoms with Gasteiger partial charge in [0.1, 0.15) is 0 Å². The molecule has 34 heavy (non-hydrogen) atoms. The van der Waals surface area contributed by atoms with Gasteiger partial charge in [-0.05, 0) is 40.5 Å². The first-order chi connectivity index (χ1) is 15.1. The smallest absolute Gasteiger partial charge is 0.466 e. The predicted octanol–water partition coefficient (Wildman–Crippen LogP) is 3.58. The van der Waals surface area contributed by atoms with E-state index in [1.165, 1.54) is 20.8 Å². The van der Waals surface area contributed by atoms with Gasteiger partial charge >= 0.3 is 35.0 Å². The van der Waals surface area contributed by atoms with Crippen LogP contribution in [0.25, 0.3) is 0 Å². The average molecular weight is 532 g/mol. The van der Waals surface area contributed by atoms with Gasteiger partial charge in [-0.3, -0.25) is 4.79 Å². The third kappa shape index (κ3) is 7.04. The van der Waals surface area contributed by atoms with E-state index in [0.717, 1.165) is 6.92 Å². The molecule has 200 valence electrons. The highest BCUT2D eigenvalue weighted by Crippen LogP contribution is 2.42. The molecule has 0 radical (unpaired) electrons. The minimum Gasteiger partial charge on any atom is -0.743 e. The summed E-state index contributed by atoms with van der Waals surface area (Å²) in [5.74, 6) is -13.0. The van der Waals surface area contributed by atoms with E-state index in [1.54, 1.807) is 0 Å². The topological polar surface area (TPSA) is 113 Å². The number of unbranched alkanes of at least 4 members (excludes halogenated alkanes) is 1. The van der Waals surface area contributed by atoms with Crippen LogP contribution in [0.2, 0.25) is 0 Å². The van der Waals surface area contributed by atoms with Gasteiger partial charge in [-0.25, -0.2) is 13.2 Å². The number of likely N-dealkylation sites (N-methyl/N-ethyl adjacent to an activating group) is 1. The van der Waals surface area contributed by atoms with Crippen LogP contribution in [0.5, 0.6) is 0 Å². The Labute approximate surface area is 191 Å². The summed E-state index contributed by atoms with van der Waals surface area (Å²) in [6, 6.07) is -0.818. The van der Waals surface area contributed by atoms with E-state index in [2.05, 4.69) is 16.1 Å². The van der Waals surface area contributed by atoms with Crippen LogP contribution in [0.15, 0.2) is 12.2 Å². The van der Waals surface area contributed by atoms with Crippen LogP contribution >= 0.6 is 0 Å². The van der Waals surface area contributed by atoms with Gasteiger partial charge in [-0.15, -0.1) is 0 Å². The molecule has 0 saturated carbocycles.